The van der Waals surface area contributed by atoms with Crippen LogP contribution in [0, 0.1) is 5.92 Å². The molecule has 2 aliphatic rings. The Morgan fingerprint density at radius 3 is 2.58 bits per heavy atom. The van der Waals surface area contributed by atoms with Gasteiger partial charge < -0.3 is 24.4 Å². The number of oxazole rings is 1. The molecule has 1 saturated heterocycles. The molecule has 2 fully saturated rings. The van der Waals surface area contributed by atoms with Crippen LogP contribution in [0.15, 0.2) is 59.9 Å². The first kappa shape index (κ1) is 24.3. The summed E-state index contributed by atoms with van der Waals surface area (Å²) in [7, 11) is 1.69. The van der Waals surface area contributed by atoms with Crippen LogP contribution >= 0.6 is 0 Å². The molecule has 10 heteroatoms. The fraction of sp³-hybridized carbons (Fsp3) is 0.393. The zero-order chi connectivity index (χ0) is 26.3. The first-order valence-corrected chi connectivity index (χ1v) is 12.9. The molecule has 196 valence electrons. The molecule has 1 saturated carbocycles. The predicted octanol–water partition coefficient (Wildman–Crippen LogP) is 3.54. The number of imidazole rings is 1. The van der Waals surface area contributed by atoms with Gasteiger partial charge in [0, 0.05) is 49.8 Å². The molecule has 4 aromatic rings. The van der Waals surface area contributed by atoms with Crippen molar-refractivity contribution in [3.05, 3.63) is 66.7 Å². The maximum Gasteiger partial charge on any atom is 0.246 e. The van der Waals surface area contributed by atoms with Gasteiger partial charge in [-0.15, -0.1) is 0 Å². The highest BCUT2D eigenvalue weighted by Crippen LogP contribution is 2.51. The number of nitrogens with two attached hydrogens (primary N) is 1. The lowest BCUT2D eigenvalue weighted by molar-refractivity contribution is -0.131. The van der Waals surface area contributed by atoms with Crippen LogP contribution in [0.4, 0.5) is 5.95 Å². The first-order chi connectivity index (χ1) is 18.4. The number of anilines is 1. The number of likely N-dealkylation sites (tertiary alicyclic amines) is 1. The summed E-state index contributed by atoms with van der Waals surface area (Å²) in [6, 6.07) is 8.45. The molecule has 0 unspecified atom stereocenters. The summed E-state index contributed by atoms with van der Waals surface area (Å²) in [4.78, 5) is 32.1. The van der Waals surface area contributed by atoms with Gasteiger partial charge in [-0.3, -0.25) is 4.79 Å². The van der Waals surface area contributed by atoms with Crippen molar-refractivity contribution in [2.24, 2.45) is 5.92 Å². The summed E-state index contributed by atoms with van der Waals surface area (Å²) in [5, 5.41) is 0. The molecule has 4 heterocycles. The Labute approximate surface area is 220 Å². The van der Waals surface area contributed by atoms with Crippen LogP contribution in [-0.4, -0.2) is 61.6 Å². The summed E-state index contributed by atoms with van der Waals surface area (Å²) in [5.74, 6) is 1.25. The van der Waals surface area contributed by atoms with Crippen molar-refractivity contribution < 1.29 is 13.9 Å². The molecule has 0 spiro atoms. The number of carbonyl (C=O) groups excluding carboxylic acids is 1. The second-order valence-electron chi connectivity index (χ2n) is 10.3. The maximum atomic E-state index is 12.7. The highest BCUT2D eigenvalue weighted by atomic mass is 16.5. The Morgan fingerprint density at radius 1 is 1.13 bits per heavy atom. The Morgan fingerprint density at radius 2 is 1.89 bits per heavy atom. The molecular formula is C28H31N7O3. The van der Waals surface area contributed by atoms with Crippen molar-refractivity contribution in [2.75, 3.05) is 25.9 Å². The molecule has 1 aliphatic heterocycles. The second-order valence-corrected chi connectivity index (χ2v) is 10.3. The van der Waals surface area contributed by atoms with Crippen molar-refractivity contribution in [1.82, 2.24) is 29.4 Å². The summed E-state index contributed by atoms with van der Waals surface area (Å²) in [6.45, 7) is 3.81. The van der Waals surface area contributed by atoms with E-state index in [1.54, 1.807) is 36.7 Å². The van der Waals surface area contributed by atoms with E-state index in [0.717, 1.165) is 42.6 Å². The van der Waals surface area contributed by atoms with Crippen LogP contribution in [-0.2, 0) is 21.5 Å². The van der Waals surface area contributed by atoms with E-state index in [2.05, 4.69) is 46.1 Å². The van der Waals surface area contributed by atoms with Crippen molar-refractivity contribution in [3.8, 4) is 22.7 Å². The molecule has 2 atom stereocenters. The van der Waals surface area contributed by atoms with E-state index in [1.807, 2.05) is 11.1 Å². The number of hydrogen-bond donors (Lipinski definition) is 1. The number of amides is 1. The van der Waals surface area contributed by atoms with Crippen LogP contribution in [0.1, 0.15) is 37.4 Å². The number of nitrogen functional groups attached to an aromatic ring is 1. The van der Waals surface area contributed by atoms with E-state index < -0.39 is 0 Å². The Hall–Kier alpha value is -4.05. The normalized spacial score (nSPS) is 19.0. The lowest BCUT2D eigenvalue weighted by atomic mass is 9.75. The zero-order valence-electron chi connectivity index (χ0n) is 21.6. The number of benzene rings is 1. The number of nitrogens with zero attached hydrogens (tertiary/aromatic N) is 6. The quantitative estimate of drug-likeness (QED) is 0.379. The number of carbonyl (C=O) groups is 1. The standard InChI is InChI=1S/C28H31N7O3/c1-28(21-7-8-21,20-5-3-18(4-6-20)19-11-30-27(29)31-12-19)24-16-38-26(33-24)23-14-34(17-32-23)15-25(36)35-10-9-22(13-35)37-2/h3-6,11-12,14,16-17,21-22H,7-10,13,15H2,1-2H3,(H2,29,30,31)/t22-,28+/m1/s1. The molecule has 0 radical (unpaired) electrons. The maximum absolute atomic E-state index is 12.7. The van der Waals surface area contributed by atoms with Crippen LogP contribution in [0.5, 0.6) is 0 Å². The third kappa shape index (κ3) is 4.56. The second kappa shape index (κ2) is 9.68. The van der Waals surface area contributed by atoms with Crippen LogP contribution in [0.3, 0.4) is 0 Å². The monoisotopic (exact) mass is 513 g/mol. The van der Waals surface area contributed by atoms with Gasteiger partial charge in [0.25, 0.3) is 0 Å². The van der Waals surface area contributed by atoms with Gasteiger partial charge >= 0.3 is 0 Å². The highest BCUT2D eigenvalue weighted by molar-refractivity contribution is 5.76. The third-order valence-electron chi connectivity index (χ3n) is 7.92. The lowest BCUT2D eigenvalue weighted by Crippen LogP contribution is -2.32. The van der Waals surface area contributed by atoms with E-state index in [4.69, 9.17) is 19.9 Å². The molecule has 3 aromatic heterocycles. The number of methoxy groups -OCH3 is 1. The van der Waals surface area contributed by atoms with E-state index in [-0.39, 0.29) is 29.9 Å². The SMILES string of the molecule is CO[C@@H]1CCN(C(=O)Cn2cnc(-c3nc([C@@](C)(c4ccc(-c5cnc(N)nc5)cc4)C4CC4)co3)c2)C1. The summed E-state index contributed by atoms with van der Waals surface area (Å²) < 4.78 is 13.1. The molecular weight excluding hydrogens is 482 g/mol. The van der Waals surface area contributed by atoms with Gasteiger partial charge in [0.05, 0.1) is 18.1 Å². The number of ether oxygens (including phenoxy) is 1. The molecule has 10 nitrogen and oxygen atoms in total. The average Bonchev–Trinajstić information content (AvgIpc) is 3.31. The van der Waals surface area contributed by atoms with Crippen molar-refractivity contribution in [3.63, 3.8) is 0 Å². The largest absolute Gasteiger partial charge is 0.443 e. The van der Waals surface area contributed by atoms with Gasteiger partial charge in [-0.25, -0.2) is 19.9 Å². The van der Waals surface area contributed by atoms with E-state index in [0.29, 0.717) is 24.0 Å². The van der Waals surface area contributed by atoms with Gasteiger partial charge in [0.1, 0.15) is 18.5 Å². The van der Waals surface area contributed by atoms with Crippen molar-refractivity contribution >= 4 is 11.9 Å². The Kier molecular flexibility index (Phi) is 6.19. The molecule has 38 heavy (non-hydrogen) atoms. The first-order valence-electron chi connectivity index (χ1n) is 12.9. The minimum Gasteiger partial charge on any atom is -0.443 e. The molecule has 6 rings (SSSR count). The van der Waals surface area contributed by atoms with Crippen molar-refractivity contribution in [2.45, 2.75) is 44.2 Å². The van der Waals surface area contributed by atoms with E-state index in [9.17, 15) is 4.79 Å². The summed E-state index contributed by atoms with van der Waals surface area (Å²) in [6.07, 6.45) is 11.9. The lowest BCUT2D eigenvalue weighted by Gasteiger charge is -2.28. The van der Waals surface area contributed by atoms with Gasteiger partial charge in [-0.1, -0.05) is 24.3 Å². The van der Waals surface area contributed by atoms with Gasteiger partial charge in [-0.2, -0.15) is 0 Å². The third-order valence-corrected chi connectivity index (χ3v) is 7.92. The fourth-order valence-corrected chi connectivity index (χ4v) is 5.34. The Bertz CT molecular complexity index is 1430. The average molecular weight is 514 g/mol. The number of hydrogen-bond acceptors (Lipinski definition) is 8. The van der Waals surface area contributed by atoms with E-state index in [1.165, 1.54) is 5.56 Å². The molecule has 2 N–H and O–H groups in total. The number of aromatic nitrogens is 5. The smallest absolute Gasteiger partial charge is 0.246 e. The minimum atomic E-state index is -0.288. The molecule has 1 amide bonds. The minimum absolute atomic E-state index is 0.0527. The molecule has 0 bridgehead atoms. The topological polar surface area (TPSA) is 125 Å². The van der Waals surface area contributed by atoms with Crippen LogP contribution < -0.4 is 5.73 Å². The van der Waals surface area contributed by atoms with E-state index >= 15 is 0 Å². The van der Waals surface area contributed by atoms with Crippen LogP contribution in [0.25, 0.3) is 22.7 Å². The number of rotatable bonds is 8. The van der Waals surface area contributed by atoms with Crippen LogP contribution in [0.2, 0.25) is 0 Å². The van der Waals surface area contributed by atoms with Gasteiger partial charge in [0.15, 0.2) is 0 Å². The molecule has 1 aromatic carbocycles. The predicted molar refractivity (Wildman–Crippen MR) is 141 cm³/mol. The zero-order valence-corrected chi connectivity index (χ0v) is 21.6. The molecule has 1 aliphatic carbocycles. The van der Waals surface area contributed by atoms with Crippen molar-refractivity contribution in [1.29, 1.82) is 0 Å². The summed E-state index contributed by atoms with van der Waals surface area (Å²) >= 11 is 0. The summed E-state index contributed by atoms with van der Waals surface area (Å²) in [5.41, 5.74) is 9.95. The highest BCUT2D eigenvalue weighted by Gasteiger charge is 2.46. The van der Waals surface area contributed by atoms with Gasteiger partial charge in [0.2, 0.25) is 17.7 Å². The fourth-order valence-electron chi connectivity index (χ4n) is 5.34. The Balaban J connectivity index is 1.20. The van der Waals surface area contributed by atoms with Gasteiger partial charge in [-0.05, 0) is 43.2 Å².